The quantitative estimate of drug-likeness (QED) is 0.222. The topological polar surface area (TPSA) is 93.1 Å². The number of carbonyl (C=O) groups excluding carboxylic acids is 1. The zero-order chi connectivity index (χ0) is 23.8. The Morgan fingerprint density at radius 1 is 1.15 bits per heavy atom. The molecule has 2 heterocycles. The Morgan fingerprint density at radius 2 is 1.94 bits per heavy atom. The lowest BCUT2D eigenvalue weighted by Crippen LogP contribution is -2.23. The number of nitrogens with one attached hydrogen (secondary N) is 1. The van der Waals surface area contributed by atoms with Gasteiger partial charge in [-0.3, -0.25) is 4.79 Å². The third-order valence-electron chi connectivity index (χ3n) is 4.93. The molecule has 4 rings (SSSR count). The third-order valence-corrected chi connectivity index (χ3v) is 4.93. The van der Waals surface area contributed by atoms with Crippen LogP contribution in [0, 0.1) is 11.3 Å². The second-order valence-electron chi connectivity index (χ2n) is 7.27. The maximum absolute atomic E-state index is 12.6. The summed E-state index contributed by atoms with van der Waals surface area (Å²) in [6, 6.07) is 22.6. The monoisotopic (exact) mass is 450 g/mol. The Balaban J connectivity index is 1.68. The first-order chi connectivity index (χ1) is 16.7. The molecular formula is C27H22N4O3. The molecule has 2 aromatic heterocycles. The first-order valence-corrected chi connectivity index (χ1v) is 10.6. The fourth-order valence-corrected chi connectivity index (χ4v) is 3.27. The van der Waals surface area contributed by atoms with E-state index < -0.39 is 5.91 Å². The van der Waals surface area contributed by atoms with E-state index in [1.54, 1.807) is 35.2 Å². The van der Waals surface area contributed by atoms with Crippen LogP contribution in [0.15, 0.2) is 102 Å². The van der Waals surface area contributed by atoms with E-state index >= 15 is 0 Å². The van der Waals surface area contributed by atoms with E-state index in [-0.39, 0.29) is 12.1 Å². The molecule has 0 spiro atoms. The van der Waals surface area contributed by atoms with E-state index in [9.17, 15) is 10.1 Å². The van der Waals surface area contributed by atoms with E-state index in [0.717, 1.165) is 11.3 Å². The van der Waals surface area contributed by atoms with Crippen LogP contribution < -0.4 is 10.1 Å². The number of rotatable bonds is 9. The molecule has 0 saturated heterocycles. The van der Waals surface area contributed by atoms with Crippen LogP contribution in [0.25, 0.3) is 23.0 Å². The Morgan fingerprint density at radius 3 is 2.62 bits per heavy atom. The van der Waals surface area contributed by atoms with Gasteiger partial charge in [0.05, 0.1) is 24.2 Å². The summed E-state index contributed by atoms with van der Waals surface area (Å²) in [7, 11) is 0. The highest BCUT2D eigenvalue weighted by molar-refractivity contribution is 6.02. The minimum Gasteiger partial charge on any atom is -0.490 e. The number of furan rings is 1. The summed E-state index contributed by atoms with van der Waals surface area (Å²) in [6.45, 7) is 4.25. The normalized spacial score (nSPS) is 11.0. The maximum atomic E-state index is 12.6. The van der Waals surface area contributed by atoms with Gasteiger partial charge in [-0.05, 0) is 54.6 Å². The van der Waals surface area contributed by atoms with Gasteiger partial charge in [0, 0.05) is 17.3 Å². The first kappa shape index (κ1) is 22.4. The van der Waals surface area contributed by atoms with Crippen molar-refractivity contribution in [3.05, 3.63) is 109 Å². The summed E-state index contributed by atoms with van der Waals surface area (Å²) in [6.07, 6.45) is 6.55. The molecule has 0 radical (unpaired) electrons. The molecule has 0 aliphatic heterocycles. The molecule has 0 unspecified atom stereocenters. The number of benzene rings is 2. The number of nitriles is 1. The highest BCUT2D eigenvalue weighted by Gasteiger charge is 2.15. The van der Waals surface area contributed by atoms with Gasteiger partial charge in [0.25, 0.3) is 5.91 Å². The molecule has 1 N–H and O–H groups in total. The number of carbonyl (C=O) groups is 1. The van der Waals surface area contributed by atoms with Crippen LogP contribution in [0.3, 0.4) is 0 Å². The predicted molar refractivity (Wildman–Crippen MR) is 129 cm³/mol. The molecule has 0 saturated carbocycles. The molecule has 168 valence electrons. The maximum Gasteiger partial charge on any atom is 0.262 e. The number of amides is 1. The number of hydrogen-bond acceptors (Lipinski definition) is 5. The van der Waals surface area contributed by atoms with Crippen LogP contribution in [0.2, 0.25) is 0 Å². The van der Waals surface area contributed by atoms with Crippen LogP contribution >= 0.6 is 0 Å². The first-order valence-electron chi connectivity index (χ1n) is 10.6. The van der Waals surface area contributed by atoms with Crippen LogP contribution in [-0.2, 0) is 11.3 Å². The molecule has 0 fully saturated rings. The predicted octanol–water partition coefficient (Wildman–Crippen LogP) is 4.92. The van der Waals surface area contributed by atoms with Gasteiger partial charge < -0.3 is 14.5 Å². The zero-order valence-corrected chi connectivity index (χ0v) is 18.3. The van der Waals surface area contributed by atoms with Crippen LogP contribution in [0.4, 0.5) is 0 Å². The van der Waals surface area contributed by atoms with Crippen LogP contribution in [-0.4, -0.2) is 22.3 Å². The fraction of sp³-hybridized carbons (Fsp3) is 0.0741. The Labute approximate surface area is 197 Å². The van der Waals surface area contributed by atoms with E-state index in [1.807, 2.05) is 60.7 Å². The van der Waals surface area contributed by atoms with Crippen molar-refractivity contribution < 1.29 is 13.9 Å². The van der Waals surface area contributed by atoms with Crippen molar-refractivity contribution in [1.29, 1.82) is 5.26 Å². The molecule has 1 amide bonds. The van der Waals surface area contributed by atoms with Crippen molar-refractivity contribution in [3.8, 4) is 28.8 Å². The Kier molecular flexibility index (Phi) is 7.01. The molecule has 0 aliphatic carbocycles. The number of ether oxygens (including phenoxy) is 1. The summed E-state index contributed by atoms with van der Waals surface area (Å²) in [4.78, 5) is 12.6. The van der Waals surface area contributed by atoms with Crippen LogP contribution in [0.1, 0.15) is 11.3 Å². The van der Waals surface area contributed by atoms with Crippen LogP contribution in [0.5, 0.6) is 5.75 Å². The summed E-state index contributed by atoms with van der Waals surface area (Å²) >= 11 is 0. The molecule has 4 aromatic rings. The molecule has 0 bridgehead atoms. The number of hydrogen-bond donors (Lipinski definition) is 1. The number of nitrogens with zero attached hydrogens (tertiary/aromatic N) is 3. The Hall–Kier alpha value is -4.83. The second-order valence-corrected chi connectivity index (χ2v) is 7.27. The van der Waals surface area contributed by atoms with Crippen molar-refractivity contribution in [2.24, 2.45) is 0 Å². The van der Waals surface area contributed by atoms with Gasteiger partial charge in [0.1, 0.15) is 29.8 Å². The zero-order valence-electron chi connectivity index (χ0n) is 18.3. The summed E-state index contributed by atoms with van der Waals surface area (Å²) in [5.41, 5.74) is 2.90. The minimum absolute atomic E-state index is 0.0358. The van der Waals surface area contributed by atoms with Crippen molar-refractivity contribution in [2.75, 3.05) is 6.61 Å². The van der Waals surface area contributed by atoms with Gasteiger partial charge in [-0.1, -0.05) is 30.9 Å². The van der Waals surface area contributed by atoms with Gasteiger partial charge in [-0.25, -0.2) is 4.68 Å². The lowest BCUT2D eigenvalue weighted by atomic mass is 10.1. The fourth-order valence-electron chi connectivity index (χ4n) is 3.27. The van der Waals surface area contributed by atoms with Gasteiger partial charge in [0.2, 0.25) is 0 Å². The van der Waals surface area contributed by atoms with Crippen molar-refractivity contribution >= 4 is 12.0 Å². The SMILES string of the molecule is C=CCOc1ccc(-c2nn(-c3ccccc3)cc2/C=C(\C#N)C(=O)NCc2ccco2)cc1. The molecular weight excluding hydrogens is 428 g/mol. The number of aromatic nitrogens is 2. The molecule has 7 heteroatoms. The third kappa shape index (κ3) is 5.31. The van der Waals surface area contributed by atoms with Gasteiger partial charge in [0.15, 0.2) is 0 Å². The molecule has 7 nitrogen and oxygen atoms in total. The highest BCUT2D eigenvalue weighted by atomic mass is 16.5. The molecule has 34 heavy (non-hydrogen) atoms. The number of para-hydroxylation sites is 1. The van der Waals surface area contributed by atoms with Crippen molar-refractivity contribution in [2.45, 2.75) is 6.54 Å². The van der Waals surface area contributed by atoms with Crippen molar-refractivity contribution in [1.82, 2.24) is 15.1 Å². The lowest BCUT2D eigenvalue weighted by molar-refractivity contribution is -0.117. The van der Waals surface area contributed by atoms with E-state index in [4.69, 9.17) is 14.3 Å². The smallest absolute Gasteiger partial charge is 0.262 e. The second kappa shape index (κ2) is 10.7. The van der Waals surface area contributed by atoms with E-state index in [1.165, 1.54) is 6.26 Å². The Bertz CT molecular complexity index is 1330. The van der Waals surface area contributed by atoms with Gasteiger partial charge in [-0.15, -0.1) is 0 Å². The van der Waals surface area contributed by atoms with Gasteiger partial charge in [-0.2, -0.15) is 10.4 Å². The minimum atomic E-state index is -0.495. The molecule has 0 aliphatic rings. The standard InChI is InChI=1S/C27H22N4O3/c1-2-14-33-24-12-10-20(11-13-24)26-22(19-31(30-26)23-7-4-3-5-8-23)16-21(17-28)27(32)29-18-25-9-6-15-34-25/h2-13,15-16,19H,1,14,18H2,(H,29,32)/b21-16+. The van der Waals surface area contributed by atoms with E-state index in [0.29, 0.717) is 29.4 Å². The van der Waals surface area contributed by atoms with E-state index in [2.05, 4.69) is 11.9 Å². The lowest BCUT2D eigenvalue weighted by Gasteiger charge is -2.05. The molecule has 2 aromatic carbocycles. The average molecular weight is 450 g/mol. The van der Waals surface area contributed by atoms with Crippen molar-refractivity contribution in [3.63, 3.8) is 0 Å². The molecule has 0 atom stereocenters. The summed E-state index contributed by atoms with van der Waals surface area (Å²) in [5, 5.41) is 17.1. The summed E-state index contributed by atoms with van der Waals surface area (Å²) in [5.74, 6) is 0.811. The summed E-state index contributed by atoms with van der Waals surface area (Å²) < 4.78 is 12.5. The van der Waals surface area contributed by atoms with Gasteiger partial charge >= 0.3 is 0 Å². The largest absolute Gasteiger partial charge is 0.490 e. The highest BCUT2D eigenvalue weighted by Crippen LogP contribution is 2.27. The average Bonchev–Trinajstić information content (AvgIpc) is 3.56.